The van der Waals surface area contributed by atoms with E-state index in [1.807, 2.05) is 0 Å². The molecule has 0 spiro atoms. The van der Waals surface area contributed by atoms with Gasteiger partial charge in [-0.25, -0.2) is 9.59 Å². The van der Waals surface area contributed by atoms with Crippen molar-refractivity contribution in [3.8, 4) is 0 Å². The molecule has 0 rings (SSSR count). The Morgan fingerprint density at radius 2 is 1.08 bits per heavy atom. The van der Waals surface area contributed by atoms with Gasteiger partial charge < -0.3 is 20.4 Å². The van der Waals surface area contributed by atoms with E-state index in [0.717, 1.165) is 0 Å². The van der Waals surface area contributed by atoms with Gasteiger partial charge in [-0.2, -0.15) is 0 Å². The van der Waals surface area contributed by atoms with E-state index in [1.165, 1.54) is 0 Å². The van der Waals surface area contributed by atoms with Crippen molar-refractivity contribution in [2.75, 3.05) is 0 Å². The van der Waals surface area contributed by atoms with E-state index in [9.17, 15) is 9.59 Å². The summed E-state index contributed by atoms with van der Waals surface area (Å²) in [6, 6.07) is 0. The van der Waals surface area contributed by atoms with Gasteiger partial charge in [0.05, 0.1) is 0 Å². The molecule has 0 aromatic carbocycles. The zero-order chi connectivity index (χ0) is 10.3. The van der Waals surface area contributed by atoms with Crippen LogP contribution in [-0.2, 0) is 28.3 Å². The summed E-state index contributed by atoms with van der Waals surface area (Å²) in [5, 5.41) is 32.5. The van der Waals surface area contributed by atoms with Crippen molar-refractivity contribution in [2.45, 2.75) is 12.2 Å². The second-order valence-electron chi connectivity index (χ2n) is 1.57. The Morgan fingerprint density at radius 3 is 1.17 bits per heavy atom. The molecule has 0 aliphatic heterocycles. The number of aliphatic carboxylic acids is 2. The molecular formula is C4H7O7Zn. The normalized spacial score (nSPS) is 13.8. The molecule has 0 aliphatic carbocycles. The summed E-state index contributed by atoms with van der Waals surface area (Å²) in [5.74, 6) is -3.54. The molecule has 2 atom stereocenters. The molecule has 0 bridgehead atoms. The fraction of sp³-hybridized carbons (Fsp3) is 0.500. The SMILES string of the molecule is O=C(O)C(O)C(O)C(=O)O.[OH][Zn]. The molecule has 67 valence electrons. The maximum atomic E-state index is 9.77. The molecule has 0 aromatic heterocycles. The second kappa shape index (κ2) is 7.11. The van der Waals surface area contributed by atoms with Gasteiger partial charge in [0.1, 0.15) is 0 Å². The van der Waals surface area contributed by atoms with Crippen LogP contribution < -0.4 is 0 Å². The van der Waals surface area contributed by atoms with Crippen molar-refractivity contribution in [3.05, 3.63) is 0 Å². The van der Waals surface area contributed by atoms with Crippen LogP contribution in [0.3, 0.4) is 0 Å². The quantitative estimate of drug-likeness (QED) is 0.335. The van der Waals surface area contributed by atoms with E-state index < -0.39 is 24.1 Å². The van der Waals surface area contributed by atoms with Crippen molar-refractivity contribution >= 4 is 11.9 Å². The Kier molecular flexibility index (Phi) is 8.29. The molecule has 0 aromatic rings. The summed E-state index contributed by atoms with van der Waals surface area (Å²) in [6.07, 6.45) is -4.53. The van der Waals surface area contributed by atoms with E-state index in [1.54, 1.807) is 0 Å². The van der Waals surface area contributed by atoms with Crippen molar-refractivity contribution < 1.29 is 52.6 Å². The Labute approximate surface area is 77.3 Å². The third-order valence-corrected chi connectivity index (χ3v) is 0.805. The standard InChI is InChI=1S/C4H6O6.H2O.Zn/c5-1(3(7)8)2(6)4(9)10;;/h1-2,5-6H,(H,7,8)(H,9,10);1H2;/q;;+1/p-1. The van der Waals surface area contributed by atoms with Crippen molar-refractivity contribution in [1.29, 1.82) is 0 Å². The predicted molar refractivity (Wildman–Crippen MR) is 29.5 cm³/mol. The van der Waals surface area contributed by atoms with Crippen molar-refractivity contribution in [3.63, 3.8) is 0 Å². The van der Waals surface area contributed by atoms with E-state index in [4.69, 9.17) is 24.4 Å². The third-order valence-electron chi connectivity index (χ3n) is 0.805. The van der Waals surface area contributed by atoms with Gasteiger partial charge in [-0.1, -0.05) is 0 Å². The first kappa shape index (κ1) is 14.0. The Bertz CT molecular complexity index is 139. The summed E-state index contributed by atoms with van der Waals surface area (Å²) < 4.78 is 7.12. The summed E-state index contributed by atoms with van der Waals surface area (Å²) in [5.41, 5.74) is 0. The van der Waals surface area contributed by atoms with Gasteiger partial charge in [-0.15, -0.1) is 0 Å². The molecule has 0 saturated carbocycles. The van der Waals surface area contributed by atoms with E-state index in [2.05, 4.69) is 0 Å². The molecule has 2 unspecified atom stereocenters. The topological polar surface area (TPSA) is 135 Å². The molecule has 8 heteroatoms. The molecule has 0 saturated heterocycles. The van der Waals surface area contributed by atoms with Gasteiger partial charge in [-0.05, 0) is 0 Å². The van der Waals surface area contributed by atoms with Gasteiger partial charge in [-0.3, -0.25) is 0 Å². The maximum absolute atomic E-state index is 9.77. The fourth-order valence-electron chi connectivity index (χ4n) is 0.270. The molecule has 0 fully saturated rings. The minimum atomic E-state index is -2.27. The minimum absolute atomic E-state index is 0.375. The first-order valence-electron chi connectivity index (χ1n) is 2.60. The second-order valence-corrected chi connectivity index (χ2v) is 1.57. The van der Waals surface area contributed by atoms with Gasteiger partial charge in [0.15, 0.2) is 12.2 Å². The molecule has 0 aliphatic rings. The first-order valence-corrected chi connectivity index (χ1v) is 3.93. The Morgan fingerprint density at radius 1 is 0.917 bits per heavy atom. The Balaban J connectivity index is 0. The molecule has 0 heterocycles. The van der Waals surface area contributed by atoms with Crippen molar-refractivity contribution in [1.82, 2.24) is 0 Å². The number of rotatable bonds is 3. The van der Waals surface area contributed by atoms with Crippen LogP contribution in [0.2, 0.25) is 0 Å². The van der Waals surface area contributed by atoms with E-state index >= 15 is 0 Å². The van der Waals surface area contributed by atoms with Crippen LogP contribution in [0.15, 0.2) is 0 Å². The number of carbonyl (C=O) groups is 2. The number of hydrogen-bond acceptors (Lipinski definition) is 5. The van der Waals surface area contributed by atoms with Crippen LogP contribution in [0.4, 0.5) is 0 Å². The summed E-state index contributed by atoms with van der Waals surface area (Å²) in [6.45, 7) is 0. The van der Waals surface area contributed by atoms with Gasteiger partial charge in [0.2, 0.25) is 0 Å². The third kappa shape index (κ3) is 5.14. The van der Waals surface area contributed by atoms with Gasteiger partial charge >= 0.3 is 34.5 Å². The van der Waals surface area contributed by atoms with Crippen LogP contribution in [0.25, 0.3) is 0 Å². The molecule has 7 nitrogen and oxygen atoms in total. The molecule has 12 heavy (non-hydrogen) atoms. The average Bonchev–Trinajstić information content (AvgIpc) is 2.05. The van der Waals surface area contributed by atoms with E-state index in [-0.39, 0.29) is 0 Å². The number of carboxylic acids is 2. The number of aliphatic hydroxyl groups is 2. The monoisotopic (exact) mass is 231 g/mol. The zero-order valence-electron chi connectivity index (χ0n) is 5.91. The Hall–Kier alpha value is -0.557. The predicted octanol–water partition coefficient (Wildman–Crippen LogP) is -2.68. The van der Waals surface area contributed by atoms with Crippen LogP contribution >= 0.6 is 0 Å². The van der Waals surface area contributed by atoms with Gasteiger partial charge in [0.25, 0.3) is 0 Å². The number of carboxylic acid groups (broad SMARTS) is 2. The fourth-order valence-corrected chi connectivity index (χ4v) is 0.270. The summed E-state index contributed by atoms with van der Waals surface area (Å²) in [4.78, 5) is 19.5. The van der Waals surface area contributed by atoms with Crippen LogP contribution in [0.1, 0.15) is 0 Å². The zero-order valence-corrected chi connectivity index (χ0v) is 8.88. The number of hydrogen-bond donors (Lipinski definition) is 5. The molecule has 0 amide bonds. The summed E-state index contributed by atoms with van der Waals surface area (Å²) in [7, 11) is 0. The van der Waals surface area contributed by atoms with Crippen LogP contribution in [0.5, 0.6) is 0 Å². The molecule has 5 N–H and O–H groups in total. The first-order chi connectivity index (χ1) is 5.46. The molecular weight excluding hydrogens is 225 g/mol. The summed E-state index contributed by atoms with van der Waals surface area (Å²) >= 11 is 0.375. The van der Waals surface area contributed by atoms with Gasteiger partial charge in [0, 0.05) is 0 Å². The number of aliphatic hydroxyl groups excluding tert-OH is 2. The van der Waals surface area contributed by atoms with Crippen molar-refractivity contribution in [2.24, 2.45) is 0 Å². The van der Waals surface area contributed by atoms with Crippen LogP contribution in [0, 0.1) is 0 Å². The van der Waals surface area contributed by atoms with E-state index in [0.29, 0.717) is 18.7 Å². The average molecular weight is 232 g/mol. The molecule has 0 radical (unpaired) electrons. The van der Waals surface area contributed by atoms with Crippen LogP contribution in [-0.4, -0.2) is 48.5 Å².